The van der Waals surface area contributed by atoms with Gasteiger partial charge in [0.15, 0.2) is 0 Å². The van der Waals surface area contributed by atoms with Crippen LogP contribution in [0.15, 0.2) is 12.3 Å². The summed E-state index contributed by atoms with van der Waals surface area (Å²) in [5.74, 6) is -0.228. The summed E-state index contributed by atoms with van der Waals surface area (Å²) < 4.78 is 1.60. The molecule has 0 atom stereocenters. The van der Waals surface area contributed by atoms with Gasteiger partial charge in [-0.25, -0.2) is 10.7 Å². The van der Waals surface area contributed by atoms with Gasteiger partial charge in [0.25, 0.3) is 5.91 Å². The predicted molar refractivity (Wildman–Crippen MR) is 55.6 cm³/mol. The Morgan fingerprint density at radius 1 is 1.73 bits per heavy atom. The molecule has 2 radical (unpaired) electrons. The zero-order valence-corrected chi connectivity index (χ0v) is 8.36. The minimum Gasteiger partial charge on any atom is -0.352 e. The number of hydrogen-bond donors (Lipinski definition) is 3. The third-order valence-electron chi connectivity index (χ3n) is 1.83. The van der Waals surface area contributed by atoms with Gasteiger partial charge >= 0.3 is 0 Å². The summed E-state index contributed by atoms with van der Waals surface area (Å²) >= 11 is 0. The van der Waals surface area contributed by atoms with Crippen LogP contribution in [0, 0.1) is 0 Å². The van der Waals surface area contributed by atoms with E-state index in [9.17, 15) is 4.79 Å². The Labute approximate surface area is 88.5 Å². The summed E-state index contributed by atoms with van der Waals surface area (Å²) in [6.07, 6.45) is 1.99. The van der Waals surface area contributed by atoms with Crippen LogP contribution >= 0.6 is 0 Å². The average Bonchev–Trinajstić information content (AvgIpc) is 2.57. The van der Waals surface area contributed by atoms with Gasteiger partial charge in [0, 0.05) is 19.8 Å². The zero-order valence-electron chi connectivity index (χ0n) is 8.36. The van der Waals surface area contributed by atoms with Gasteiger partial charge in [-0.3, -0.25) is 4.79 Å². The molecule has 3 N–H and O–H groups in total. The lowest BCUT2D eigenvalue weighted by molar-refractivity contribution is -0.215. The number of hydrogen-bond acceptors (Lipinski definition) is 4. The topological polar surface area (TPSA) is 75.5 Å². The summed E-state index contributed by atoms with van der Waals surface area (Å²) in [6, 6.07) is 1.54. The summed E-state index contributed by atoms with van der Waals surface area (Å²) in [5, 5.41) is 10.8. The van der Waals surface area contributed by atoms with Gasteiger partial charge in [-0.15, -0.1) is 4.99 Å². The number of aromatic nitrogens is 1. The van der Waals surface area contributed by atoms with E-state index < -0.39 is 0 Å². The fourth-order valence-corrected chi connectivity index (χ4v) is 1.18. The van der Waals surface area contributed by atoms with Crippen LogP contribution in [0.25, 0.3) is 0 Å². The number of carbonyl (C=O) groups excluding carboxylic acids is 1. The minimum absolute atomic E-state index is 0.228. The third kappa shape index (κ3) is 3.00. The predicted octanol–water partition coefficient (Wildman–Crippen LogP) is 0.158. The van der Waals surface area contributed by atoms with Crippen LogP contribution < -0.4 is 10.8 Å². The van der Waals surface area contributed by atoms with Crippen LogP contribution in [0.1, 0.15) is 10.5 Å². The summed E-state index contributed by atoms with van der Waals surface area (Å²) in [5.41, 5.74) is 3.14. The zero-order chi connectivity index (χ0) is 11.3. The van der Waals surface area contributed by atoms with E-state index in [1.165, 1.54) is 0 Å². The lowest BCUT2D eigenvalue weighted by atomic mass is 10.1. The maximum Gasteiger partial charge on any atom is 0.267 e. The first-order chi connectivity index (χ1) is 7.19. The van der Waals surface area contributed by atoms with Crippen molar-refractivity contribution in [3.63, 3.8) is 0 Å². The molecule has 6 nitrogen and oxygen atoms in total. The van der Waals surface area contributed by atoms with E-state index in [4.69, 9.17) is 13.1 Å². The standard InChI is InChI=1S/C8H12BN3O3/c1-12-5-6(11-15-14)4-7(12)8(13)10-3-2-9/h4-5,11,14H,2-3H2,1H3,(H,10,13). The van der Waals surface area contributed by atoms with Crippen molar-refractivity contribution in [3.8, 4) is 0 Å². The van der Waals surface area contributed by atoms with Crippen molar-refractivity contribution in [2.45, 2.75) is 6.32 Å². The monoisotopic (exact) mass is 209 g/mol. The van der Waals surface area contributed by atoms with Crippen molar-refractivity contribution in [1.82, 2.24) is 9.88 Å². The summed E-state index contributed by atoms with van der Waals surface area (Å²) in [4.78, 5) is 15.3. The van der Waals surface area contributed by atoms with E-state index >= 15 is 0 Å². The molecule has 0 aliphatic heterocycles. The number of nitrogens with one attached hydrogen (secondary N) is 2. The van der Waals surface area contributed by atoms with Crippen molar-refractivity contribution >= 4 is 19.4 Å². The third-order valence-corrected chi connectivity index (χ3v) is 1.83. The fraction of sp³-hybridized carbons (Fsp3) is 0.375. The van der Waals surface area contributed by atoms with Gasteiger partial charge in [0.1, 0.15) is 5.69 Å². The van der Waals surface area contributed by atoms with Gasteiger partial charge in [-0.05, 0) is 6.07 Å². The van der Waals surface area contributed by atoms with E-state index in [0.29, 0.717) is 24.2 Å². The molecule has 0 fully saturated rings. The van der Waals surface area contributed by atoms with Crippen LogP contribution in [0.2, 0.25) is 6.32 Å². The first kappa shape index (κ1) is 11.6. The first-order valence-corrected chi connectivity index (χ1v) is 4.40. The van der Waals surface area contributed by atoms with Crippen molar-refractivity contribution < 1.29 is 15.0 Å². The van der Waals surface area contributed by atoms with Crippen LogP contribution in [0.3, 0.4) is 0 Å². The van der Waals surface area contributed by atoms with Gasteiger partial charge in [-0.2, -0.15) is 0 Å². The van der Waals surface area contributed by atoms with Crippen LogP contribution in [-0.2, 0) is 12.0 Å². The van der Waals surface area contributed by atoms with E-state index in [1.54, 1.807) is 23.9 Å². The van der Waals surface area contributed by atoms with Crippen LogP contribution in [-0.4, -0.2) is 30.1 Å². The molecule has 0 aromatic carbocycles. The Morgan fingerprint density at radius 2 is 2.47 bits per heavy atom. The second-order valence-corrected chi connectivity index (χ2v) is 2.96. The molecular formula is C8H12BN3O3. The van der Waals surface area contributed by atoms with Crippen molar-refractivity contribution in [1.29, 1.82) is 0 Å². The lowest BCUT2D eigenvalue weighted by Gasteiger charge is -2.03. The molecule has 0 aliphatic carbocycles. The number of rotatable bonds is 5. The van der Waals surface area contributed by atoms with Crippen LogP contribution in [0.4, 0.5) is 5.69 Å². The van der Waals surface area contributed by atoms with Crippen LogP contribution in [0.5, 0.6) is 0 Å². The lowest BCUT2D eigenvalue weighted by Crippen LogP contribution is -2.25. The summed E-state index contributed by atoms with van der Waals surface area (Å²) in [6.45, 7) is 0.420. The second-order valence-electron chi connectivity index (χ2n) is 2.96. The average molecular weight is 209 g/mol. The minimum atomic E-state index is -0.228. The molecule has 1 aromatic rings. The molecule has 0 saturated carbocycles. The Kier molecular flexibility index (Phi) is 4.20. The SMILES string of the molecule is [B]CCNC(=O)c1cc(NOO)cn1C. The number of anilines is 1. The van der Waals surface area contributed by atoms with E-state index in [0.717, 1.165) is 0 Å². The highest BCUT2D eigenvalue weighted by Gasteiger charge is 2.10. The summed E-state index contributed by atoms with van der Waals surface area (Å²) in [7, 11) is 6.97. The van der Waals surface area contributed by atoms with Crippen molar-refractivity contribution in [3.05, 3.63) is 18.0 Å². The molecule has 0 saturated heterocycles. The van der Waals surface area contributed by atoms with Gasteiger partial charge in [-0.1, -0.05) is 6.32 Å². The smallest absolute Gasteiger partial charge is 0.267 e. The van der Waals surface area contributed by atoms with E-state index in [2.05, 4.69) is 15.8 Å². The first-order valence-electron chi connectivity index (χ1n) is 4.40. The molecule has 80 valence electrons. The molecule has 0 bridgehead atoms. The molecular weight excluding hydrogens is 197 g/mol. The second kappa shape index (κ2) is 5.42. The molecule has 1 rings (SSSR count). The molecule has 0 unspecified atom stereocenters. The largest absolute Gasteiger partial charge is 0.352 e. The number of nitrogens with zero attached hydrogens (tertiary/aromatic N) is 1. The molecule has 0 spiro atoms. The maximum absolute atomic E-state index is 11.5. The molecule has 1 amide bonds. The molecule has 1 heterocycles. The highest BCUT2D eigenvalue weighted by atomic mass is 17.2. The maximum atomic E-state index is 11.5. The molecule has 0 aliphatic rings. The van der Waals surface area contributed by atoms with Gasteiger partial charge < -0.3 is 9.88 Å². The Morgan fingerprint density at radius 3 is 3.07 bits per heavy atom. The molecule has 7 heteroatoms. The highest BCUT2D eigenvalue weighted by molar-refractivity contribution is 6.08. The fourth-order valence-electron chi connectivity index (χ4n) is 1.18. The molecule has 1 aromatic heterocycles. The quantitative estimate of drug-likeness (QED) is 0.366. The van der Waals surface area contributed by atoms with Crippen molar-refractivity contribution in [2.24, 2.45) is 7.05 Å². The van der Waals surface area contributed by atoms with Gasteiger partial charge in [0.2, 0.25) is 0 Å². The van der Waals surface area contributed by atoms with E-state index in [-0.39, 0.29) is 5.91 Å². The van der Waals surface area contributed by atoms with E-state index in [1.807, 2.05) is 0 Å². The van der Waals surface area contributed by atoms with Crippen molar-refractivity contribution in [2.75, 3.05) is 12.0 Å². The highest BCUT2D eigenvalue weighted by Crippen LogP contribution is 2.12. The molecule has 15 heavy (non-hydrogen) atoms. The number of amides is 1. The Bertz CT molecular complexity index is 340. The Hall–Kier alpha value is -1.47. The number of aryl methyl sites for hydroxylation is 1. The Balaban J connectivity index is 2.71. The van der Waals surface area contributed by atoms with Gasteiger partial charge in [0.05, 0.1) is 13.5 Å². The normalized spacial score (nSPS) is 10.0. The number of carbonyl (C=O) groups is 1.